The molecule has 0 spiro atoms. The molecule has 1 atom stereocenters. The Labute approximate surface area is 394 Å². The molecule has 1 aromatic heterocycles. The highest BCUT2D eigenvalue weighted by molar-refractivity contribution is 6.12. The van der Waals surface area contributed by atoms with E-state index in [0.29, 0.717) is 104 Å². The number of nitrogens with zero attached hydrogens (tertiary/aromatic N) is 7. The molecule has 1 unspecified atom stereocenters. The number of imidazole rings is 1. The molecule has 3 saturated heterocycles. The van der Waals surface area contributed by atoms with Gasteiger partial charge in [0.05, 0.1) is 24.2 Å². The van der Waals surface area contributed by atoms with Gasteiger partial charge >= 0.3 is 5.69 Å². The highest BCUT2D eigenvalue weighted by atomic mass is 19.3. The first-order valence-electron chi connectivity index (χ1n) is 23.8. The second kappa shape index (κ2) is 20.9. The van der Waals surface area contributed by atoms with E-state index in [4.69, 9.17) is 10.5 Å². The van der Waals surface area contributed by atoms with Crippen molar-refractivity contribution < 1.29 is 32.7 Å². The van der Waals surface area contributed by atoms with Crippen molar-refractivity contribution in [2.24, 2.45) is 23.7 Å². The molecule has 6 heterocycles. The van der Waals surface area contributed by atoms with E-state index in [-0.39, 0.29) is 60.2 Å². The maximum Gasteiger partial charge on any atom is 0.329 e. The molecular weight excluding hydrogens is 877 g/mol. The molecule has 2 aromatic carbocycles. The second-order valence-corrected chi connectivity index (χ2v) is 18.6. The van der Waals surface area contributed by atoms with Crippen molar-refractivity contribution in [3.63, 3.8) is 0 Å². The molecule has 3 fully saturated rings. The topological polar surface area (TPSA) is 204 Å². The first-order chi connectivity index (χ1) is 32.7. The lowest BCUT2D eigenvalue weighted by molar-refractivity contribution is -0.136. The third kappa shape index (κ3) is 10.2. The summed E-state index contributed by atoms with van der Waals surface area (Å²) in [6, 6.07) is 7.97. The number of hydrogen-bond acceptors (Lipinski definition) is 11. The van der Waals surface area contributed by atoms with Gasteiger partial charge in [-0.2, -0.15) is 0 Å². The number of aromatic nitrogens is 2. The van der Waals surface area contributed by atoms with Crippen molar-refractivity contribution >= 4 is 58.0 Å². The Morgan fingerprint density at radius 1 is 0.971 bits per heavy atom. The number of imide groups is 1. The zero-order chi connectivity index (χ0) is 48.2. The van der Waals surface area contributed by atoms with Crippen LogP contribution >= 0.6 is 0 Å². The number of halogens is 2. The number of aryl methyl sites for hydroxylation is 2. The smallest absolute Gasteiger partial charge is 0.329 e. The van der Waals surface area contributed by atoms with Gasteiger partial charge in [-0.1, -0.05) is 0 Å². The Kier molecular flexibility index (Phi) is 14.8. The van der Waals surface area contributed by atoms with Crippen LogP contribution in [0.15, 0.2) is 57.6 Å². The number of amidine groups is 1. The molecule has 17 nitrogen and oxygen atoms in total. The van der Waals surface area contributed by atoms with Gasteiger partial charge in [0.2, 0.25) is 23.6 Å². The predicted octanol–water partition coefficient (Wildman–Crippen LogP) is 4.25. The van der Waals surface area contributed by atoms with Crippen LogP contribution in [-0.4, -0.2) is 132 Å². The number of piperidine rings is 3. The van der Waals surface area contributed by atoms with Gasteiger partial charge in [-0.15, -0.1) is 0 Å². The average Bonchev–Trinajstić information content (AvgIpc) is 3.58. The molecule has 19 heteroatoms. The summed E-state index contributed by atoms with van der Waals surface area (Å²) in [6.07, 6.45) is 6.10. The summed E-state index contributed by atoms with van der Waals surface area (Å²) in [5.41, 5.74) is 10.3. The Morgan fingerprint density at radius 3 is 2.43 bits per heavy atom. The minimum Gasteiger partial charge on any atom is -0.493 e. The number of ether oxygens (including phenoxy) is 1. The van der Waals surface area contributed by atoms with E-state index in [0.717, 1.165) is 56.5 Å². The summed E-state index contributed by atoms with van der Waals surface area (Å²) >= 11 is 0. The number of amides is 4. The van der Waals surface area contributed by atoms with E-state index in [1.165, 1.54) is 34.5 Å². The Balaban J connectivity index is 0.823. The van der Waals surface area contributed by atoms with E-state index >= 15 is 0 Å². The molecule has 3 aromatic rings. The predicted molar refractivity (Wildman–Crippen MR) is 256 cm³/mol. The Morgan fingerprint density at radius 2 is 1.74 bits per heavy atom. The molecule has 0 bridgehead atoms. The number of likely N-dealkylation sites (tertiary alicyclic amines) is 2. The van der Waals surface area contributed by atoms with Crippen LogP contribution in [0.3, 0.4) is 0 Å². The van der Waals surface area contributed by atoms with E-state index in [9.17, 15) is 38.2 Å². The fourth-order valence-electron chi connectivity index (χ4n) is 10.4. The molecule has 68 heavy (non-hydrogen) atoms. The number of allylic oxidation sites excluding steroid dienone is 1. The van der Waals surface area contributed by atoms with Crippen molar-refractivity contribution in [3.05, 3.63) is 75.0 Å². The van der Waals surface area contributed by atoms with Crippen LogP contribution in [0, 0.1) is 11.3 Å². The van der Waals surface area contributed by atoms with Crippen LogP contribution in [0.1, 0.15) is 93.9 Å². The van der Waals surface area contributed by atoms with E-state index in [1.807, 2.05) is 17.0 Å². The lowest BCUT2D eigenvalue weighted by Crippen LogP contribution is -2.49. The fraction of sp³-hybridized carbons (Fsp3) is 0.531. The SMILES string of the molecule is CN=CC(=CN)c1cc2c(cc1C(F)F)N(C(=N)C1=C(NC3CCN(C(=O)CCN4CCC(COc5ccc6c(c5)n(C)c(=O)n6C5CCC(=O)NC5=O)CC4)CC3)CCN(C(C)=O)C1)CCC2. The van der Waals surface area contributed by atoms with Crippen LogP contribution in [0.4, 0.5) is 14.5 Å². The van der Waals surface area contributed by atoms with E-state index < -0.39 is 18.4 Å². The van der Waals surface area contributed by atoms with Crippen LogP contribution in [0.25, 0.3) is 16.6 Å². The van der Waals surface area contributed by atoms with Crippen molar-refractivity contribution in [3.8, 4) is 5.75 Å². The highest BCUT2D eigenvalue weighted by Gasteiger charge is 2.34. The first kappa shape index (κ1) is 48.1. The molecule has 0 radical (unpaired) electrons. The molecule has 5 aliphatic rings. The monoisotopic (exact) mass is 939 g/mol. The van der Waals surface area contributed by atoms with Crippen LogP contribution in [-0.2, 0) is 32.6 Å². The number of nitrogens with two attached hydrogens (primary N) is 1. The maximum absolute atomic E-state index is 14.6. The molecule has 364 valence electrons. The van der Waals surface area contributed by atoms with Gasteiger partial charge in [-0.25, -0.2) is 13.6 Å². The molecular formula is C49H63F2N11O6. The van der Waals surface area contributed by atoms with Gasteiger partial charge < -0.3 is 35.4 Å². The molecule has 5 N–H and O–H groups in total. The van der Waals surface area contributed by atoms with Gasteiger partial charge in [-0.3, -0.25) is 44.0 Å². The number of alkyl halides is 2. The normalized spacial score (nSPS) is 20.4. The quantitative estimate of drug-likeness (QED) is 0.109. The molecule has 8 rings (SSSR count). The van der Waals surface area contributed by atoms with Gasteiger partial charge in [0.25, 0.3) is 6.43 Å². The minimum atomic E-state index is -2.77. The fourth-order valence-corrected chi connectivity index (χ4v) is 10.4. The largest absolute Gasteiger partial charge is 0.493 e. The van der Waals surface area contributed by atoms with Crippen molar-refractivity contribution in [2.75, 3.05) is 70.9 Å². The number of nitrogens with one attached hydrogen (secondary N) is 3. The highest BCUT2D eigenvalue weighted by Crippen LogP contribution is 2.38. The van der Waals surface area contributed by atoms with Crippen molar-refractivity contribution in [1.29, 1.82) is 5.41 Å². The third-order valence-corrected chi connectivity index (χ3v) is 14.4. The molecule has 5 aliphatic heterocycles. The summed E-state index contributed by atoms with van der Waals surface area (Å²) in [5.74, 6) is 0.404. The van der Waals surface area contributed by atoms with E-state index in [1.54, 1.807) is 36.0 Å². The van der Waals surface area contributed by atoms with Crippen LogP contribution in [0.2, 0.25) is 0 Å². The first-order valence-corrected chi connectivity index (χ1v) is 23.8. The number of rotatable bonds is 13. The number of fused-ring (bicyclic) bond motifs is 2. The molecule has 0 aliphatic carbocycles. The summed E-state index contributed by atoms with van der Waals surface area (Å²) in [4.78, 5) is 75.3. The summed E-state index contributed by atoms with van der Waals surface area (Å²) in [7, 11) is 3.22. The van der Waals surface area contributed by atoms with Gasteiger partial charge in [-0.05, 0) is 99.3 Å². The lowest BCUT2D eigenvalue weighted by Gasteiger charge is -2.39. The van der Waals surface area contributed by atoms with Crippen molar-refractivity contribution in [2.45, 2.75) is 89.6 Å². The summed E-state index contributed by atoms with van der Waals surface area (Å²) < 4.78 is 38.3. The summed E-state index contributed by atoms with van der Waals surface area (Å²) in [6.45, 7) is 6.88. The van der Waals surface area contributed by atoms with Gasteiger partial charge in [0.1, 0.15) is 17.6 Å². The number of carbonyl (C=O) groups excluding carboxylic acids is 4. The van der Waals surface area contributed by atoms with Crippen LogP contribution in [0.5, 0.6) is 5.75 Å². The standard InChI is InChI=1S/C49H63F2N11O6/c1-30(63)60-22-14-39(38(28-60)47(53)61-16-4-5-32-23-36(33(26-52)27-54-2)37(46(50)51)25-42(32)61)55-34-12-20-59(21-13-34)45(65)15-19-58-17-10-31(11-18-58)29-68-35-6-7-40-43(24-35)57(3)49(67)62(40)41-8-9-44(64)56-48(41)66/h6-7,23-27,31,34,41,46,53,55H,4-5,8-22,28-29,52H2,1-3H3,(H,56,64,66). The Bertz CT molecular complexity index is 2600. The van der Waals surface area contributed by atoms with E-state index in [2.05, 4.69) is 20.5 Å². The molecule has 4 amide bonds. The number of anilines is 1. The van der Waals surface area contributed by atoms with Gasteiger partial charge in [0.15, 0.2) is 0 Å². The average molecular weight is 940 g/mol. The summed E-state index contributed by atoms with van der Waals surface area (Å²) in [5, 5.41) is 15.6. The number of aliphatic imine (C=N–C) groups is 1. The van der Waals surface area contributed by atoms with Crippen LogP contribution < -0.4 is 31.7 Å². The number of benzene rings is 2. The minimum absolute atomic E-state index is 0.0676. The second-order valence-electron chi connectivity index (χ2n) is 18.6. The maximum atomic E-state index is 14.6. The van der Waals surface area contributed by atoms with Gasteiger partial charge in [0, 0.05) is 126 Å². The third-order valence-electron chi connectivity index (χ3n) is 14.4. The number of carbonyl (C=O) groups is 4. The zero-order valence-corrected chi connectivity index (χ0v) is 39.2. The number of hydrogen-bond donors (Lipinski definition) is 4. The molecule has 0 saturated carbocycles. The Hall–Kier alpha value is -6.37. The van der Waals surface area contributed by atoms with Crippen molar-refractivity contribution in [1.82, 2.24) is 34.5 Å². The zero-order valence-electron chi connectivity index (χ0n) is 39.2. The lowest BCUT2D eigenvalue weighted by atomic mass is 9.91.